The van der Waals surface area contributed by atoms with Crippen LogP contribution in [0, 0.1) is 5.92 Å². The summed E-state index contributed by atoms with van der Waals surface area (Å²) in [6, 6.07) is 6.93. The highest BCUT2D eigenvalue weighted by molar-refractivity contribution is 5.29. The van der Waals surface area contributed by atoms with Crippen molar-refractivity contribution in [3.63, 3.8) is 0 Å². The van der Waals surface area contributed by atoms with Crippen LogP contribution in [0.4, 0.5) is 0 Å². The van der Waals surface area contributed by atoms with Crippen LogP contribution < -0.4 is 4.74 Å². The van der Waals surface area contributed by atoms with Crippen LogP contribution in [0.2, 0.25) is 0 Å². The number of hydrogen-bond acceptors (Lipinski definition) is 2. The van der Waals surface area contributed by atoms with Crippen LogP contribution in [0.15, 0.2) is 24.3 Å². The van der Waals surface area contributed by atoms with Crippen LogP contribution in [-0.2, 0) is 0 Å². The van der Waals surface area contributed by atoms with Gasteiger partial charge in [0.15, 0.2) is 0 Å². The summed E-state index contributed by atoms with van der Waals surface area (Å²) in [4.78, 5) is 0. The second-order valence-corrected chi connectivity index (χ2v) is 4.22. The molecule has 1 aromatic carbocycles. The van der Waals surface area contributed by atoms with Gasteiger partial charge in [-0.15, -0.1) is 0 Å². The van der Waals surface area contributed by atoms with Crippen molar-refractivity contribution >= 4 is 0 Å². The number of phenols is 1. The summed E-state index contributed by atoms with van der Waals surface area (Å²) in [6.45, 7) is 5.20. The van der Waals surface area contributed by atoms with Gasteiger partial charge in [-0.1, -0.05) is 33.1 Å². The average Bonchev–Trinajstić information content (AvgIpc) is 2.32. The molecule has 0 radical (unpaired) electrons. The van der Waals surface area contributed by atoms with Crippen LogP contribution in [-0.4, -0.2) is 11.7 Å². The lowest BCUT2D eigenvalue weighted by Gasteiger charge is -2.15. The van der Waals surface area contributed by atoms with Crippen molar-refractivity contribution in [2.75, 3.05) is 6.61 Å². The van der Waals surface area contributed by atoms with Crippen LogP contribution in [0.3, 0.4) is 0 Å². The largest absolute Gasteiger partial charge is 0.508 e. The Balaban J connectivity index is 2.34. The first-order chi connectivity index (χ1) is 7.76. The first-order valence-corrected chi connectivity index (χ1v) is 6.18. The van der Waals surface area contributed by atoms with E-state index in [1.165, 1.54) is 19.3 Å². The summed E-state index contributed by atoms with van der Waals surface area (Å²) >= 11 is 0. The van der Waals surface area contributed by atoms with Gasteiger partial charge in [-0.2, -0.15) is 0 Å². The van der Waals surface area contributed by atoms with E-state index in [1.54, 1.807) is 12.1 Å². The van der Waals surface area contributed by atoms with E-state index in [2.05, 4.69) is 13.8 Å². The Labute approximate surface area is 98.3 Å². The summed E-state index contributed by atoms with van der Waals surface area (Å²) < 4.78 is 5.70. The Hall–Kier alpha value is -1.18. The lowest BCUT2D eigenvalue weighted by Crippen LogP contribution is -2.11. The summed E-state index contributed by atoms with van der Waals surface area (Å²) in [5, 5.41) is 9.14. The number of phenolic OH excluding ortho intramolecular Hbond substituents is 1. The zero-order chi connectivity index (χ0) is 11.8. The van der Waals surface area contributed by atoms with E-state index in [0.29, 0.717) is 5.92 Å². The highest BCUT2D eigenvalue weighted by Crippen LogP contribution is 2.19. The fraction of sp³-hybridized carbons (Fsp3) is 0.571. The number of ether oxygens (including phenoxy) is 1. The van der Waals surface area contributed by atoms with Crippen LogP contribution in [0.1, 0.15) is 39.5 Å². The predicted octanol–water partition coefficient (Wildman–Crippen LogP) is 3.99. The van der Waals surface area contributed by atoms with Gasteiger partial charge >= 0.3 is 0 Å². The van der Waals surface area contributed by atoms with Gasteiger partial charge in [0.2, 0.25) is 0 Å². The minimum absolute atomic E-state index is 0.283. The Bertz CT molecular complexity index is 279. The zero-order valence-corrected chi connectivity index (χ0v) is 10.3. The van der Waals surface area contributed by atoms with Crippen molar-refractivity contribution in [2.24, 2.45) is 5.92 Å². The van der Waals surface area contributed by atoms with Gasteiger partial charge in [0.25, 0.3) is 0 Å². The third-order valence-corrected chi connectivity index (χ3v) is 2.87. The first-order valence-electron chi connectivity index (χ1n) is 6.18. The van der Waals surface area contributed by atoms with Crippen molar-refractivity contribution in [1.82, 2.24) is 0 Å². The van der Waals surface area contributed by atoms with Gasteiger partial charge < -0.3 is 9.84 Å². The lowest BCUT2D eigenvalue weighted by molar-refractivity contribution is 0.233. The summed E-state index contributed by atoms with van der Waals surface area (Å²) in [5.41, 5.74) is 0. The molecule has 0 saturated heterocycles. The molecule has 2 heteroatoms. The Morgan fingerprint density at radius 2 is 1.88 bits per heavy atom. The predicted molar refractivity (Wildman–Crippen MR) is 66.9 cm³/mol. The fourth-order valence-corrected chi connectivity index (χ4v) is 1.65. The Morgan fingerprint density at radius 1 is 1.19 bits per heavy atom. The minimum atomic E-state index is 0.283. The van der Waals surface area contributed by atoms with Gasteiger partial charge in [0, 0.05) is 0 Å². The lowest BCUT2D eigenvalue weighted by atomic mass is 10.0. The highest BCUT2D eigenvalue weighted by Gasteiger charge is 2.06. The maximum absolute atomic E-state index is 9.14. The van der Waals surface area contributed by atoms with Crippen molar-refractivity contribution in [2.45, 2.75) is 39.5 Å². The molecule has 1 unspecified atom stereocenters. The molecule has 0 aromatic heterocycles. The van der Waals surface area contributed by atoms with Crippen LogP contribution >= 0.6 is 0 Å². The molecule has 1 aromatic rings. The standard InChI is InChI=1S/C14H22O2/c1-3-5-6-12(4-2)11-16-14-9-7-13(15)8-10-14/h7-10,12,15H,3-6,11H2,1-2H3. The van der Waals surface area contributed by atoms with Gasteiger partial charge in [-0.3, -0.25) is 0 Å². The van der Waals surface area contributed by atoms with E-state index in [9.17, 15) is 0 Å². The number of benzene rings is 1. The van der Waals surface area contributed by atoms with E-state index in [1.807, 2.05) is 12.1 Å². The molecule has 1 rings (SSSR count). The monoisotopic (exact) mass is 222 g/mol. The summed E-state index contributed by atoms with van der Waals surface area (Å²) in [6.07, 6.45) is 4.93. The SMILES string of the molecule is CCCCC(CC)COc1ccc(O)cc1. The molecular weight excluding hydrogens is 200 g/mol. The molecule has 2 nitrogen and oxygen atoms in total. The van der Waals surface area contributed by atoms with Crippen molar-refractivity contribution in [1.29, 1.82) is 0 Å². The van der Waals surface area contributed by atoms with E-state index in [-0.39, 0.29) is 5.75 Å². The van der Waals surface area contributed by atoms with E-state index in [0.717, 1.165) is 18.8 Å². The third-order valence-electron chi connectivity index (χ3n) is 2.87. The van der Waals surface area contributed by atoms with Crippen LogP contribution in [0.5, 0.6) is 11.5 Å². The molecule has 0 aliphatic rings. The molecule has 0 aliphatic heterocycles. The van der Waals surface area contributed by atoms with E-state index < -0.39 is 0 Å². The summed E-state index contributed by atoms with van der Waals surface area (Å²) in [5.74, 6) is 1.77. The van der Waals surface area contributed by atoms with Crippen molar-refractivity contribution < 1.29 is 9.84 Å². The molecule has 1 atom stereocenters. The number of rotatable bonds is 7. The second-order valence-electron chi connectivity index (χ2n) is 4.22. The molecule has 0 spiro atoms. The third kappa shape index (κ3) is 4.56. The molecule has 0 amide bonds. The topological polar surface area (TPSA) is 29.5 Å². The minimum Gasteiger partial charge on any atom is -0.508 e. The number of unbranched alkanes of at least 4 members (excludes halogenated alkanes) is 1. The number of hydrogen-bond donors (Lipinski definition) is 1. The zero-order valence-electron chi connectivity index (χ0n) is 10.3. The molecule has 0 aliphatic carbocycles. The quantitative estimate of drug-likeness (QED) is 0.756. The second kappa shape index (κ2) is 7.15. The van der Waals surface area contributed by atoms with Crippen LogP contribution in [0.25, 0.3) is 0 Å². The molecule has 0 fully saturated rings. The van der Waals surface area contributed by atoms with E-state index >= 15 is 0 Å². The van der Waals surface area contributed by atoms with Crippen molar-refractivity contribution in [3.8, 4) is 11.5 Å². The molecule has 0 heterocycles. The first kappa shape index (κ1) is 12.9. The normalized spacial score (nSPS) is 12.4. The maximum Gasteiger partial charge on any atom is 0.119 e. The highest BCUT2D eigenvalue weighted by atomic mass is 16.5. The fourth-order valence-electron chi connectivity index (χ4n) is 1.65. The number of aromatic hydroxyl groups is 1. The Kier molecular flexibility index (Phi) is 5.76. The van der Waals surface area contributed by atoms with Crippen molar-refractivity contribution in [3.05, 3.63) is 24.3 Å². The molecule has 0 saturated carbocycles. The molecule has 0 bridgehead atoms. The molecule has 90 valence electrons. The van der Waals surface area contributed by atoms with Gasteiger partial charge in [0.05, 0.1) is 6.61 Å². The summed E-state index contributed by atoms with van der Waals surface area (Å²) in [7, 11) is 0. The molecule has 16 heavy (non-hydrogen) atoms. The molecular formula is C14H22O2. The van der Waals surface area contributed by atoms with E-state index in [4.69, 9.17) is 9.84 Å². The average molecular weight is 222 g/mol. The molecule has 1 N–H and O–H groups in total. The smallest absolute Gasteiger partial charge is 0.119 e. The Morgan fingerprint density at radius 3 is 2.44 bits per heavy atom. The van der Waals surface area contributed by atoms with Gasteiger partial charge in [0.1, 0.15) is 11.5 Å². The van der Waals surface area contributed by atoms with Gasteiger partial charge in [-0.25, -0.2) is 0 Å². The van der Waals surface area contributed by atoms with Gasteiger partial charge in [-0.05, 0) is 36.6 Å². The maximum atomic E-state index is 9.14.